The molecule has 21 heavy (non-hydrogen) atoms. The fourth-order valence-corrected chi connectivity index (χ4v) is 1.99. The number of hydrogen-bond acceptors (Lipinski definition) is 4. The summed E-state index contributed by atoms with van der Waals surface area (Å²) in [5.41, 5.74) is 9.45. The molecule has 0 fully saturated rings. The lowest BCUT2D eigenvalue weighted by Crippen LogP contribution is -2.26. The van der Waals surface area contributed by atoms with E-state index in [4.69, 9.17) is 10.5 Å². The number of nitrogens with two attached hydrogens (primary N) is 1. The van der Waals surface area contributed by atoms with Gasteiger partial charge in [0.25, 0.3) is 0 Å². The summed E-state index contributed by atoms with van der Waals surface area (Å²) < 4.78 is 5.04. The summed E-state index contributed by atoms with van der Waals surface area (Å²) in [6.45, 7) is 5.29. The Hall–Kier alpha value is -1.66. The van der Waals surface area contributed by atoms with Crippen LogP contribution < -0.4 is 11.1 Å². The van der Waals surface area contributed by atoms with Crippen LogP contribution in [-0.4, -0.2) is 64.5 Å². The number of hydrogen-bond donors (Lipinski definition) is 2. The monoisotopic (exact) mass is 293 g/mol. The van der Waals surface area contributed by atoms with Gasteiger partial charge < -0.3 is 20.7 Å². The number of methoxy groups -OCH3 is 1. The van der Waals surface area contributed by atoms with E-state index in [1.54, 1.807) is 20.5 Å². The van der Waals surface area contributed by atoms with E-state index in [2.05, 4.69) is 34.2 Å². The van der Waals surface area contributed by atoms with Crippen molar-refractivity contribution >= 4 is 12.2 Å². The van der Waals surface area contributed by atoms with Crippen LogP contribution in [0.3, 0.4) is 0 Å². The molecule has 0 aromatic rings. The number of amidine groups is 1. The zero-order valence-corrected chi connectivity index (χ0v) is 13.5. The molecule has 0 atom stereocenters. The minimum absolute atomic E-state index is 0.625. The second-order valence-electron chi connectivity index (χ2n) is 5.14. The highest BCUT2D eigenvalue weighted by molar-refractivity contribution is 5.98. The average Bonchev–Trinajstić information content (AvgIpc) is 2.84. The van der Waals surface area contributed by atoms with Gasteiger partial charge >= 0.3 is 0 Å². The highest BCUT2D eigenvalue weighted by Gasteiger charge is 2.14. The van der Waals surface area contributed by atoms with Crippen LogP contribution in [0.4, 0.5) is 0 Å². The van der Waals surface area contributed by atoms with Crippen LogP contribution in [0.25, 0.3) is 0 Å². The first-order valence-corrected chi connectivity index (χ1v) is 7.13. The second-order valence-corrected chi connectivity index (χ2v) is 5.14. The minimum atomic E-state index is 0.625. The maximum atomic E-state index is 6.07. The number of nitrogens with one attached hydrogen (secondary N) is 1. The molecular formula is C15H27N5O. The van der Waals surface area contributed by atoms with E-state index in [1.807, 2.05) is 6.08 Å². The Morgan fingerprint density at radius 2 is 2.29 bits per heavy atom. The van der Waals surface area contributed by atoms with Gasteiger partial charge in [-0.3, -0.25) is 9.98 Å². The molecule has 1 aliphatic rings. The molecule has 0 amide bonds. The molecule has 0 aromatic heterocycles. The number of nitrogens with zero attached hydrogens (tertiary/aromatic N) is 3. The van der Waals surface area contributed by atoms with Crippen LogP contribution in [0.1, 0.15) is 13.3 Å². The lowest BCUT2D eigenvalue weighted by atomic mass is 10.1. The second kappa shape index (κ2) is 9.31. The van der Waals surface area contributed by atoms with E-state index >= 15 is 0 Å². The van der Waals surface area contributed by atoms with E-state index < -0.39 is 0 Å². The van der Waals surface area contributed by atoms with Crippen LogP contribution in [0, 0.1) is 0 Å². The molecule has 0 heterocycles. The molecule has 1 rings (SSSR count). The van der Waals surface area contributed by atoms with E-state index in [9.17, 15) is 0 Å². The summed E-state index contributed by atoms with van der Waals surface area (Å²) in [4.78, 5) is 10.6. The number of aliphatic imine (C=N–C) groups is 2. The molecule has 0 radical (unpaired) electrons. The maximum Gasteiger partial charge on any atom is 0.121 e. The van der Waals surface area contributed by atoms with Crippen LogP contribution >= 0.6 is 0 Å². The number of ether oxygens (including phenoxy) is 1. The van der Waals surface area contributed by atoms with E-state index in [1.165, 1.54) is 5.57 Å². The molecule has 6 nitrogen and oxygen atoms in total. The molecule has 118 valence electrons. The molecule has 0 aromatic carbocycles. The average molecular weight is 293 g/mol. The minimum Gasteiger partial charge on any atom is -0.384 e. The third-order valence-electron chi connectivity index (χ3n) is 3.35. The first kappa shape index (κ1) is 17.4. The molecule has 0 aliphatic heterocycles. The normalized spacial score (nSPS) is 16.2. The van der Waals surface area contributed by atoms with E-state index in [0.717, 1.165) is 37.4 Å². The SMILES string of the molecule is CN=CNC1=C(C)CC(C(N)=NCCN(C)CCOC)=C1. The molecule has 0 saturated heterocycles. The largest absolute Gasteiger partial charge is 0.384 e. The first-order valence-electron chi connectivity index (χ1n) is 7.13. The fourth-order valence-electron chi connectivity index (χ4n) is 1.99. The topological polar surface area (TPSA) is 75.2 Å². The maximum absolute atomic E-state index is 6.07. The van der Waals surface area contributed by atoms with Gasteiger partial charge in [0, 0.05) is 32.9 Å². The van der Waals surface area contributed by atoms with E-state index in [0.29, 0.717) is 12.4 Å². The van der Waals surface area contributed by atoms with Gasteiger partial charge in [0.1, 0.15) is 5.84 Å². The summed E-state index contributed by atoms with van der Waals surface area (Å²) in [6, 6.07) is 0. The smallest absolute Gasteiger partial charge is 0.121 e. The van der Waals surface area contributed by atoms with Gasteiger partial charge in [0.2, 0.25) is 0 Å². The van der Waals surface area contributed by atoms with Gasteiger partial charge in [-0.1, -0.05) is 0 Å². The van der Waals surface area contributed by atoms with Crippen molar-refractivity contribution in [2.45, 2.75) is 13.3 Å². The van der Waals surface area contributed by atoms with Crippen molar-refractivity contribution in [2.24, 2.45) is 15.7 Å². The Morgan fingerprint density at radius 3 is 2.95 bits per heavy atom. The van der Waals surface area contributed by atoms with Crippen LogP contribution in [-0.2, 0) is 4.74 Å². The standard InChI is InChI=1S/C15H27N5O/c1-12-9-13(10-14(12)19-11-17-2)15(16)18-5-6-20(3)7-8-21-4/h10-11H,5-9H2,1-4H3,(H2,16,18)(H,17,19). The van der Waals surface area contributed by atoms with Gasteiger partial charge in [0.05, 0.1) is 19.5 Å². The summed E-state index contributed by atoms with van der Waals surface area (Å²) >= 11 is 0. The van der Waals surface area contributed by atoms with Crippen molar-refractivity contribution in [2.75, 3.05) is 47.4 Å². The first-order chi connectivity index (χ1) is 10.1. The molecule has 3 N–H and O–H groups in total. The quantitative estimate of drug-likeness (QED) is 0.486. The van der Waals surface area contributed by atoms with Gasteiger partial charge in [-0.25, -0.2) is 0 Å². The highest BCUT2D eigenvalue weighted by Crippen LogP contribution is 2.23. The summed E-state index contributed by atoms with van der Waals surface area (Å²) in [6.07, 6.45) is 4.57. The van der Waals surface area contributed by atoms with Crippen molar-refractivity contribution in [1.29, 1.82) is 0 Å². The summed E-state index contributed by atoms with van der Waals surface area (Å²) in [7, 11) is 5.50. The molecule has 0 bridgehead atoms. The van der Waals surface area contributed by atoms with Crippen molar-refractivity contribution in [3.63, 3.8) is 0 Å². The Kier molecular flexibility index (Phi) is 7.71. The molecule has 0 spiro atoms. The van der Waals surface area contributed by atoms with Crippen LogP contribution in [0.2, 0.25) is 0 Å². The predicted molar refractivity (Wildman–Crippen MR) is 88.8 cm³/mol. The van der Waals surface area contributed by atoms with Crippen molar-refractivity contribution in [1.82, 2.24) is 10.2 Å². The number of allylic oxidation sites excluding steroid dienone is 2. The molecule has 1 aliphatic carbocycles. The Bertz CT molecular complexity index is 451. The molecular weight excluding hydrogens is 266 g/mol. The van der Waals surface area contributed by atoms with Crippen LogP contribution in [0.15, 0.2) is 32.9 Å². The lowest BCUT2D eigenvalue weighted by Gasteiger charge is -2.14. The fraction of sp³-hybridized carbons (Fsp3) is 0.600. The van der Waals surface area contributed by atoms with Gasteiger partial charge in [-0.15, -0.1) is 0 Å². The van der Waals surface area contributed by atoms with Gasteiger partial charge in [-0.2, -0.15) is 0 Å². The van der Waals surface area contributed by atoms with Crippen molar-refractivity contribution in [3.8, 4) is 0 Å². The van der Waals surface area contributed by atoms with Gasteiger partial charge in [-0.05, 0) is 37.6 Å². The number of rotatable bonds is 9. The Labute approximate surface area is 127 Å². The summed E-state index contributed by atoms with van der Waals surface area (Å²) in [5, 5.41) is 3.14. The molecule has 0 unspecified atom stereocenters. The van der Waals surface area contributed by atoms with Crippen LogP contribution in [0.5, 0.6) is 0 Å². The third kappa shape index (κ3) is 6.10. The van der Waals surface area contributed by atoms with E-state index in [-0.39, 0.29) is 0 Å². The zero-order chi connectivity index (χ0) is 15.7. The zero-order valence-electron chi connectivity index (χ0n) is 13.5. The molecule has 6 heteroatoms. The van der Waals surface area contributed by atoms with Crippen molar-refractivity contribution < 1.29 is 4.74 Å². The third-order valence-corrected chi connectivity index (χ3v) is 3.35. The van der Waals surface area contributed by atoms with Crippen molar-refractivity contribution in [3.05, 3.63) is 22.9 Å². The Balaban J connectivity index is 2.45. The molecule has 0 saturated carbocycles. The number of likely N-dealkylation sites (N-methyl/N-ethyl adjacent to an activating group) is 1. The highest BCUT2D eigenvalue weighted by atomic mass is 16.5. The lowest BCUT2D eigenvalue weighted by molar-refractivity contribution is 0.163. The Morgan fingerprint density at radius 1 is 1.52 bits per heavy atom. The summed E-state index contributed by atoms with van der Waals surface area (Å²) in [5.74, 6) is 0.625. The predicted octanol–water partition coefficient (Wildman–Crippen LogP) is 0.774. The van der Waals surface area contributed by atoms with Gasteiger partial charge in [0.15, 0.2) is 0 Å².